The van der Waals surface area contributed by atoms with Gasteiger partial charge in [0.15, 0.2) is 5.78 Å². The zero-order chi connectivity index (χ0) is 13.4. The summed E-state index contributed by atoms with van der Waals surface area (Å²) in [7, 11) is 0. The largest absolute Gasteiger partial charge is 0.462 e. The Kier molecular flexibility index (Phi) is 6.40. The van der Waals surface area contributed by atoms with Crippen LogP contribution in [0.3, 0.4) is 0 Å². The first-order valence-electron chi connectivity index (χ1n) is 6.74. The SMILES string of the molecule is CCCCOC(=O)C(=CC1=CCCCC1)C(C)=O. The summed E-state index contributed by atoms with van der Waals surface area (Å²) in [6.07, 6.45) is 9.89. The Morgan fingerprint density at radius 2 is 2.17 bits per heavy atom. The van der Waals surface area contributed by atoms with Gasteiger partial charge in [-0.3, -0.25) is 4.79 Å². The number of rotatable bonds is 6. The Hall–Kier alpha value is -1.38. The Balaban J connectivity index is 2.69. The number of hydrogen-bond acceptors (Lipinski definition) is 3. The zero-order valence-corrected chi connectivity index (χ0v) is 11.3. The van der Waals surface area contributed by atoms with Crippen molar-refractivity contribution in [3.05, 3.63) is 23.3 Å². The van der Waals surface area contributed by atoms with Crippen molar-refractivity contribution in [1.82, 2.24) is 0 Å². The predicted molar refractivity (Wildman–Crippen MR) is 71.2 cm³/mol. The molecule has 0 atom stereocenters. The number of ketones is 1. The van der Waals surface area contributed by atoms with E-state index in [1.54, 1.807) is 6.08 Å². The monoisotopic (exact) mass is 250 g/mol. The van der Waals surface area contributed by atoms with E-state index in [0.29, 0.717) is 6.61 Å². The predicted octanol–water partition coefficient (Wildman–Crippen LogP) is 3.35. The van der Waals surface area contributed by atoms with Crippen LogP contribution < -0.4 is 0 Å². The smallest absolute Gasteiger partial charge is 0.341 e. The molecule has 18 heavy (non-hydrogen) atoms. The van der Waals surface area contributed by atoms with Crippen LogP contribution in [0.1, 0.15) is 52.4 Å². The van der Waals surface area contributed by atoms with E-state index >= 15 is 0 Å². The Morgan fingerprint density at radius 3 is 2.72 bits per heavy atom. The van der Waals surface area contributed by atoms with Gasteiger partial charge in [-0.25, -0.2) is 4.79 Å². The van der Waals surface area contributed by atoms with Gasteiger partial charge in [0.05, 0.1) is 6.61 Å². The summed E-state index contributed by atoms with van der Waals surface area (Å²) in [5.41, 5.74) is 1.26. The third-order valence-electron chi connectivity index (χ3n) is 2.99. The number of allylic oxidation sites excluding steroid dienone is 3. The molecule has 0 N–H and O–H groups in total. The molecule has 0 radical (unpaired) electrons. The van der Waals surface area contributed by atoms with E-state index in [9.17, 15) is 9.59 Å². The van der Waals surface area contributed by atoms with E-state index in [0.717, 1.165) is 37.7 Å². The quantitative estimate of drug-likeness (QED) is 0.239. The number of carbonyl (C=O) groups is 2. The van der Waals surface area contributed by atoms with Crippen LogP contribution in [0.4, 0.5) is 0 Å². The first-order chi connectivity index (χ1) is 8.65. The van der Waals surface area contributed by atoms with Gasteiger partial charge in [0.25, 0.3) is 0 Å². The Bertz CT molecular complexity index is 364. The molecule has 0 aromatic carbocycles. The van der Waals surface area contributed by atoms with E-state index in [1.165, 1.54) is 13.3 Å². The molecular weight excluding hydrogens is 228 g/mol. The second-order valence-corrected chi connectivity index (χ2v) is 4.63. The zero-order valence-electron chi connectivity index (χ0n) is 11.3. The molecule has 0 aromatic heterocycles. The molecule has 3 nitrogen and oxygen atoms in total. The fourth-order valence-electron chi connectivity index (χ4n) is 1.87. The molecular formula is C15H22O3. The maximum absolute atomic E-state index is 11.8. The average Bonchev–Trinajstić information content (AvgIpc) is 2.37. The molecule has 0 fully saturated rings. The molecule has 0 saturated carbocycles. The second-order valence-electron chi connectivity index (χ2n) is 4.63. The number of ether oxygens (including phenoxy) is 1. The summed E-state index contributed by atoms with van der Waals surface area (Å²) in [5.74, 6) is -0.703. The number of Topliss-reactive ketones (excluding diaryl/α,β-unsaturated/α-hetero) is 1. The first kappa shape index (κ1) is 14.7. The van der Waals surface area contributed by atoms with Crippen LogP contribution in [0.5, 0.6) is 0 Å². The van der Waals surface area contributed by atoms with Gasteiger partial charge in [0.2, 0.25) is 0 Å². The molecule has 3 heteroatoms. The van der Waals surface area contributed by atoms with Crippen LogP contribution in [0.2, 0.25) is 0 Å². The maximum Gasteiger partial charge on any atom is 0.341 e. The molecule has 0 aromatic rings. The lowest BCUT2D eigenvalue weighted by Crippen LogP contribution is -2.15. The first-order valence-corrected chi connectivity index (χ1v) is 6.74. The van der Waals surface area contributed by atoms with E-state index in [4.69, 9.17) is 4.74 Å². The third kappa shape index (κ3) is 4.86. The average molecular weight is 250 g/mol. The van der Waals surface area contributed by atoms with E-state index in [1.807, 2.05) is 6.92 Å². The lowest BCUT2D eigenvalue weighted by Gasteiger charge is -2.10. The molecule has 0 amide bonds. The van der Waals surface area contributed by atoms with Gasteiger partial charge in [0, 0.05) is 0 Å². The molecule has 0 aliphatic heterocycles. The van der Waals surface area contributed by atoms with Gasteiger partial charge in [0.1, 0.15) is 5.57 Å². The molecule has 0 saturated heterocycles. The van der Waals surface area contributed by atoms with Crippen LogP contribution in [-0.2, 0) is 14.3 Å². The maximum atomic E-state index is 11.8. The van der Waals surface area contributed by atoms with Gasteiger partial charge < -0.3 is 4.74 Å². The van der Waals surface area contributed by atoms with Gasteiger partial charge in [-0.05, 0) is 45.1 Å². The number of carbonyl (C=O) groups excluding carboxylic acids is 2. The van der Waals surface area contributed by atoms with Crippen molar-refractivity contribution in [2.75, 3.05) is 6.61 Å². The fourth-order valence-corrected chi connectivity index (χ4v) is 1.87. The van der Waals surface area contributed by atoms with E-state index < -0.39 is 5.97 Å². The summed E-state index contributed by atoms with van der Waals surface area (Å²) in [6, 6.07) is 0. The fraction of sp³-hybridized carbons (Fsp3) is 0.600. The Labute approximate surface area is 109 Å². The summed E-state index contributed by atoms with van der Waals surface area (Å²) in [5, 5.41) is 0. The summed E-state index contributed by atoms with van der Waals surface area (Å²) in [4.78, 5) is 23.3. The van der Waals surface area contributed by atoms with Gasteiger partial charge in [-0.2, -0.15) is 0 Å². The number of hydrogen-bond donors (Lipinski definition) is 0. The topological polar surface area (TPSA) is 43.4 Å². The van der Waals surface area contributed by atoms with Crippen LogP contribution in [0, 0.1) is 0 Å². The minimum Gasteiger partial charge on any atom is -0.462 e. The minimum absolute atomic E-state index is 0.180. The number of unbranched alkanes of at least 4 members (excludes halogenated alkanes) is 1. The summed E-state index contributed by atoms with van der Waals surface area (Å²) < 4.78 is 5.09. The summed E-state index contributed by atoms with van der Waals surface area (Å²) in [6.45, 7) is 3.83. The normalized spacial score (nSPS) is 16.1. The molecule has 1 rings (SSSR count). The lowest BCUT2D eigenvalue weighted by atomic mass is 9.97. The highest BCUT2D eigenvalue weighted by Gasteiger charge is 2.16. The number of esters is 1. The van der Waals surface area contributed by atoms with Crippen molar-refractivity contribution in [2.24, 2.45) is 0 Å². The van der Waals surface area contributed by atoms with Crippen LogP contribution in [0.15, 0.2) is 23.3 Å². The van der Waals surface area contributed by atoms with E-state index in [2.05, 4.69) is 6.08 Å². The van der Waals surface area contributed by atoms with Gasteiger partial charge in [-0.1, -0.05) is 25.0 Å². The highest BCUT2D eigenvalue weighted by atomic mass is 16.5. The summed E-state index contributed by atoms with van der Waals surface area (Å²) >= 11 is 0. The lowest BCUT2D eigenvalue weighted by molar-refractivity contribution is -0.140. The highest BCUT2D eigenvalue weighted by molar-refractivity contribution is 6.16. The highest BCUT2D eigenvalue weighted by Crippen LogP contribution is 2.20. The van der Waals surface area contributed by atoms with Crippen molar-refractivity contribution in [1.29, 1.82) is 0 Å². The second kappa shape index (κ2) is 7.85. The minimum atomic E-state index is -0.484. The van der Waals surface area contributed by atoms with Crippen molar-refractivity contribution in [2.45, 2.75) is 52.4 Å². The van der Waals surface area contributed by atoms with Crippen molar-refractivity contribution < 1.29 is 14.3 Å². The van der Waals surface area contributed by atoms with Gasteiger partial charge in [-0.15, -0.1) is 0 Å². The van der Waals surface area contributed by atoms with Crippen molar-refractivity contribution in [3.63, 3.8) is 0 Å². The van der Waals surface area contributed by atoms with Crippen LogP contribution in [-0.4, -0.2) is 18.4 Å². The molecule has 0 unspecified atom stereocenters. The van der Waals surface area contributed by atoms with Crippen molar-refractivity contribution >= 4 is 11.8 Å². The van der Waals surface area contributed by atoms with Crippen LogP contribution >= 0.6 is 0 Å². The molecule has 1 aliphatic carbocycles. The molecule has 0 bridgehead atoms. The van der Waals surface area contributed by atoms with Crippen molar-refractivity contribution in [3.8, 4) is 0 Å². The molecule has 1 aliphatic rings. The van der Waals surface area contributed by atoms with Crippen LogP contribution in [0.25, 0.3) is 0 Å². The standard InChI is InChI=1S/C15H22O3/c1-3-4-10-18-15(17)14(12(2)16)11-13-8-6-5-7-9-13/h8,11H,3-7,9-10H2,1-2H3. The van der Waals surface area contributed by atoms with E-state index in [-0.39, 0.29) is 11.4 Å². The molecule has 100 valence electrons. The molecule has 0 spiro atoms. The molecule has 0 heterocycles. The van der Waals surface area contributed by atoms with Gasteiger partial charge >= 0.3 is 5.97 Å². The Morgan fingerprint density at radius 1 is 1.39 bits per heavy atom. The third-order valence-corrected chi connectivity index (χ3v) is 2.99.